The molecular formula is C19H18BrFN4O. The van der Waals surface area contributed by atoms with Crippen LogP contribution in [-0.2, 0) is 13.1 Å². The Morgan fingerprint density at radius 1 is 1.38 bits per heavy atom. The topological polar surface area (TPSA) is 51.0 Å². The van der Waals surface area contributed by atoms with E-state index < -0.39 is 0 Å². The first-order chi connectivity index (χ1) is 12.5. The molecule has 3 aromatic rings. The first-order valence-corrected chi connectivity index (χ1v) is 9.33. The highest BCUT2D eigenvalue weighted by Gasteiger charge is 2.25. The number of halogens is 2. The van der Waals surface area contributed by atoms with Gasteiger partial charge >= 0.3 is 0 Å². The molecule has 0 saturated heterocycles. The quantitative estimate of drug-likeness (QED) is 0.630. The van der Waals surface area contributed by atoms with Gasteiger partial charge in [0.1, 0.15) is 17.2 Å². The van der Waals surface area contributed by atoms with Gasteiger partial charge in [0.15, 0.2) is 5.65 Å². The molecule has 1 aliphatic rings. The number of hydrogen-bond acceptors (Lipinski definition) is 3. The molecule has 4 rings (SSSR count). The Morgan fingerprint density at radius 3 is 2.92 bits per heavy atom. The molecule has 7 heteroatoms. The standard InChI is InChI=1S/C19H18BrFN4O/c1-24(19(26)13-6-7-15(21)14(20)9-13)11-17-23-16-3-2-8-22-18(16)25(17)10-12-4-5-12/h2-3,6-9,12H,4-5,10-11H2,1H3. The zero-order valence-electron chi connectivity index (χ0n) is 14.3. The summed E-state index contributed by atoms with van der Waals surface area (Å²) >= 11 is 3.13. The van der Waals surface area contributed by atoms with Crippen molar-refractivity contribution in [1.82, 2.24) is 19.4 Å². The highest BCUT2D eigenvalue weighted by atomic mass is 79.9. The predicted octanol–water partition coefficient (Wildman–Crippen LogP) is 4.02. The van der Waals surface area contributed by atoms with E-state index in [1.165, 1.54) is 31.0 Å². The van der Waals surface area contributed by atoms with E-state index in [1.807, 2.05) is 12.1 Å². The monoisotopic (exact) mass is 416 g/mol. The fourth-order valence-corrected chi connectivity index (χ4v) is 3.39. The van der Waals surface area contributed by atoms with Crippen molar-refractivity contribution in [1.29, 1.82) is 0 Å². The molecule has 134 valence electrons. The second kappa shape index (κ2) is 6.79. The van der Waals surface area contributed by atoms with Crippen LogP contribution in [0.1, 0.15) is 29.0 Å². The van der Waals surface area contributed by atoms with Crippen molar-refractivity contribution in [3.8, 4) is 0 Å². The van der Waals surface area contributed by atoms with Gasteiger partial charge in [-0.3, -0.25) is 4.79 Å². The molecule has 0 unspecified atom stereocenters. The first kappa shape index (κ1) is 17.1. The molecule has 0 aliphatic heterocycles. The lowest BCUT2D eigenvalue weighted by Gasteiger charge is -2.18. The van der Waals surface area contributed by atoms with Crippen LogP contribution in [0.3, 0.4) is 0 Å². The first-order valence-electron chi connectivity index (χ1n) is 8.53. The summed E-state index contributed by atoms with van der Waals surface area (Å²) in [5.74, 6) is 0.926. The van der Waals surface area contributed by atoms with Crippen LogP contribution >= 0.6 is 15.9 Å². The molecule has 26 heavy (non-hydrogen) atoms. The summed E-state index contributed by atoms with van der Waals surface area (Å²) in [6.45, 7) is 1.25. The SMILES string of the molecule is CN(Cc1nc2cccnc2n1CC1CC1)C(=O)c1ccc(F)c(Br)c1. The number of rotatable bonds is 5. The number of carbonyl (C=O) groups excluding carboxylic acids is 1. The second-order valence-corrected chi connectivity index (χ2v) is 7.57. The number of imidazole rings is 1. The van der Waals surface area contributed by atoms with E-state index in [4.69, 9.17) is 0 Å². The van der Waals surface area contributed by atoms with Crippen LogP contribution in [-0.4, -0.2) is 32.4 Å². The highest BCUT2D eigenvalue weighted by Crippen LogP contribution is 2.32. The van der Waals surface area contributed by atoms with Gasteiger partial charge in [-0.25, -0.2) is 14.4 Å². The van der Waals surface area contributed by atoms with Crippen LogP contribution in [0.15, 0.2) is 41.0 Å². The van der Waals surface area contributed by atoms with Crippen LogP contribution in [0.25, 0.3) is 11.2 Å². The van der Waals surface area contributed by atoms with E-state index in [0.29, 0.717) is 18.0 Å². The van der Waals surface area contributed by atoms with E-state index >= 15 is 0 Å². The van der Waals surface area contributed by atoms with Crippen molar-refractivity contribution < 1.29 is 9.18 Å². The van der Waals surface area contributed by atoms with Crippen LogP contribution in [0.4, 0.5) is 4.39 Å². The second-order valence-electron chi connectivity index (χ2n) is 6.72. The van der Waals surface area contributed by atoms with Crippen molar-refractivity contribution >= 4 is 33.0 Å². The zero-order chi connectivity index (χ0) is 18.3. The van der Waals surface area contributed by atoms with Gasteiger partial charge in [0, 0.05) is 25.4 Å². The summed E-state index contributed by atoms with van der Waals surface area (Å²) in [6, 6.07) is 8.09. The fourth-order valence-electron chi connectivity index (χ4n) is 3.01. The molecule has 5 nitrogen and oxygen atoms in total. The smallest absolute Gasteiger partial charge is 0.254 e. The molecule has 1 amide bonds. The average Bonchev–Trinajstić information content (AvgIpc) is 3.39. The van der Waals surface area contributed by atoms with Crippen molar-refractivity contribution in [2.75, 3.05) is 7.05 Å². The van der Waals surface area contributed by atoms with E-state index in [2.05, 4.69) is 30.5 Å². The Hall–Kier alpha value is -2.28. The van der Waals surface area contributed by atoms with Crippen molar-refractivity contribution in [2.24, 2.45) is 5.92 Å². The van der Waals surface area contributed by atoms with Crippen molar-refractivity contribution in [2.45, 2.75) is 25.9 Å². The number of amides is 1. The number of hydrogen-bond donors (Lipinski definition) is 0. The molecule has 1 aliphatic carbocycles. The number of aromatic nitrogens is 3. The van der Waals surface area contributed by atoms with Gasteiger partial charge in [0.25, 0.3) is 5.91 Å². The Kier molecular flexibility index (Phi) is 4.48. The third-order valence-electron chi connectivity index (χ3n) is 4.61. The minimum Gasteiger partial charge on any atom is -0.334 e. The number of nitrogens with zero attached hydrogens (tertiary/aromatic N) is 4. The Morgan fingerprint density at radius 2 is 2.19 bits per heavy atom. The van der Waals surface area contributed by atoms with E-state index in [-0.39, 0.29) is 16.2 Å². The number of carbonyl (C=O) groups is 1. The normalized spacial score (nSPS) is 14.0. The highest BCUT2D eigenvalue weighted by molar-refractivity contribution is 9.10. The minimum atomic E-state index is -0.387. The molecule has 2 aromatic heterocycles. The molecule has 0 spiro atoms. The predicted molar refractivity (Wildman–Crippen MR) is 100 cm³/mol. The fraction of sp³-hybridized carbons (Fsp3) is 0.316. The maximum atomic E-state index is 13.4. The van der Waals surface area contributed by atoms with Gasteiger partial charge in [-0.1, -0.05) is 0 Å². The maximum Gasteiger partial charge on any atom is 0.254 e. The lowest BCUT2D eigenvalue weighted by Crippen LogP contribution is -2.28. The Balaban J connectivity index is 1.61. The van der Waals surface area contributed by atoms with E-state index in [0.717, 1.165) is 23.5 Å². The average molecular weight is 417 g/mol. The molecule has 1 aromatic carbocycles. The zero-order valence-corrected chi connectivity index (χ0v) is 15.9. The lowest BCUT2D eigenvalue weighted by molar-refractivity contribution is 0.0780. The molecular weight excluding hydrogens is 399 g/mol. The summed E-state index contributed by atoms with van der Waals surface area (Å²) in [4.78, 5) is 23.4. The summed E-state index contributed by atoms with van der Waals surface area (Å²) in [7, 11) is 1.73. The molecule has 1 saturated carbocycles. The minimum absolute atomic E-state index is 0.177. The largest absolute Gasteiger partial charge is 0.334 e. The summed E-state index contributed by atoms with van der Waals surface area (Å²) in [6.07, 6.45) is 4.22. The lowest BCUT2D eigenvalue weighted by atomic mass is 10.2. The van der Waals surface area contributed by atoms with E-state index in [9.17, 15) is 9.18 Å². The van der Waals surface area contributed by atoms with Gasteiger partial charge in [0.05, 0.1) is 11.0 Å². The molecule has 0 N–H and O–H groups in total. The van der Waals surface area contributed by atoms with Crippen LogP contribution < -0.4 is 0 Å². The third kappa shape index (κ3) is 3.35. The summed E-state index contributed by atoms with van der Waals surface area (Å²) in [5, 5.41) is 0. The molecule has 0 bridgehead atoms. The third-order valence-corrected chi connectivity index (χ3v) is 5.22. The Labute approximate surface area is 159 Å². The molecule has 2 heterocycles. The molecule has 0 radical (unpaired) electrons. The van der Waals surface area contributed by atoms with Crippen LogP contribution in [0, 0.1) is 11.7 Å². The van der Waals surface area contributed by atoms with Gasteiger partial charge in [-0.2, -0.15) is 0 Å². The molecule has 1 fully saturated rings. The van der Waals surface area contributed by atoms with Gasteiger partial charge in [-0.05, 0) is 65.0 Å². The van der Waals surface area contributed by atoms with Crippen LogP contribution in [0.2, 0.25) is 0 Å². The van der Waals surface area contributed by atoms with Crippen molar-refractivity contribution in [3.63, 3.8) is 0 Å². The van der Waals surface area contributed by atoms with Gasteiger partial charge in [0.2, 0.25) is 0 Å². The van der Waals surface area contributed by atoms with Crippen molar-refractivity contribution in [3.05, 3.63) is 58.2 Å². The maximum absolute atomic E-state index is 13.4. The number of pyridine rings is 1. The number of fused-ring (bicyclic) bond motifs is 1. The Bertz CT molecular complexity index is 983. The summed E-state index contributed by atoms with van der Waals surface area (Å²) < 4.78 is 15.8. The number of benzene rings is 1. The van der Waals surface area contributed by atoms with E-state index in [1.54, 1.807) is 18.1 Å². The van der Waals surface area contributed by atoms with Crippen LogP contribution in [0.5, 0.6) is 0 Å². The summed E-state index contributed by atoms with van der Waals surface area (Å²) in [5.41, 5.74) is 2.14. The molecule has 0 atom stereocenters. The van der Waals surface area contributed by atoms with Gasteiger partial charge in [-0.15, -0.1) is 0 Å². The van der Waals surface area contributed by atoms with Gasteiger partial charge < -0.3 is 9.47 Å².